The van der Waals surface area contributed by atoms with Gasteiger partial charge in [-0.2, -0.15) is 0 Å². The summed E-state index contributed by atoms with van der Waals surface area (Å²) in [7, 11) is 0. The van der Waals surface area contributed by atoms with Crippen molar-refractivity contribution in [1.82, 2.24) is 0 Å². The summed E-state index contributed by atoms with van der Waals surface area (Å²) in [6.45, 7) is 1.44. The molecule has 74 valence electrons. The molecular formula is C10H11NO2S. The third kappa shape index (κ3) is 1.80. The molecule has 0 bridgehead atoms. The van der Waals surface area contributed by atoms with Crippen LogP contribution in [-0.2, 0) is 4.79 Å². The van der Waals surface area contributed by atoms with Crippen LogP contribution in [0.25, 0.3) is 0 Å². The Bertz CT molecular complexity index is 356. The Hall–Kier alpha value is -1.29. The van der Waals surface area contributed by atoms with Gasteiger partial charge in [-0.25, -0.2) is 4.79 Å². The van der Waals surface area contributed by atoms with Crippen LogP contribution in [0.2, 0.25) is 0 Å². The zero-order valence-corrected chi connectivity index (χ0v) is 8.46. The predicted octanol–water partition coefficient (Wildman–Crippen LogP) is 1.97. The van der Waals surface area contributed by atoms with Gasteiger partial charge in [-0.3, -0.25) is 0 Å². The molecule has 1 aromatic heterocycles. The van der Waals surface area contributed by atoms with Crippen LogP contribution in [0.3, 0.4) is 0 Å². The molecule has 0 radical (unpaired) electrons. The lowest BCUT2D eigenvalue weighted by Gasteiger charge is -2.26. The van der Waals surface area contributed by atoms with Crippen LogP contribution >= 0.6 is 11.3 Å². The number of carboxylic acid groups (broad SMARTS) is 1. The molecule has 4 heteroatoms. The number of hydrogen-bond acceptors (Lipinski definition) is 3. The molecule has 3 nitrogen and oxygen atoms in total. The van der Waals surface area contributed by atoms with Gasteiger partial charge in [0.15, 0.2) is 0 Å². The Kier molecular flexibility index (Phi) is 2.54. The van der Waals surface area contributed by atoms with E-state index in [0.29, 0.717) is 12.1 Å². The highest BCUT2D eigenvalue weighted by Crippen LogP contribution is 2.24. The number of hydrogen-bond donors (Lipinski definition) is 1. The Balaban J connectivity index is 2.12. The minimum Gasteiger partial charge on any atom is -0.478 e. The second kappa shape index (κ2) is 3.84. The van der Waals surface area contributed by atoms with Gasteiger partial charge in [0.2, 0.25) is 0 Å². The summed E-state index contributed by atoms with van der Waals surface area (Å²) in [5, 5.41) is 12.0. The molecule has 0 aromatic carbocycles. The van der Waals surface area contributed by atoms with E-state index in [9.17, 15) is 4.79 Å². The van der Waals surface area contributed by atoms with E-state index < -0.39 is 5.97 Å². The largest absolute Gasteiger partial charge is 0.478 e. The van der Waals surface area contributed by atoms with Gasteiger partial charge in [0, 0.05) is 6.54 Å². The van der Waals surface area contributed by atoms with E-state index in [1.165, 1.54) is 0 Å². The molecule has 2 heterocycles. The van der Waals surface area contributed by atoms with Crippen LogP contribution in [0.15, 0.2) is 29.2 Å². The average Bonchev–Trinajstić information content (AvgIpc) is 2.71. The smallest absolute Gasteiger partial charge is 0.333 e. The fourth-order valence-electron chi connectivity index (χ4n) is 1.54. The first-order valence-corrected chi connectivity index (χ1v) is 5.36. The third-order valence-electron chi connectivity index (χ3n) is 2.24. The van der Waals surface area contributed by atoms with Gasteiger partial charge in [0.25, 0.3) is 0 Å². The number of thiophene rings is 1. The zero-order chi connectivity index (χ0) is 9.97. The Labute approximate surface area is 86.3 Å². The molecule has 1 aliphatic rings. The fourth-order valence-corrected chi connectivity index (χ4v) is 2.30. The molecule has 14 heavy (non-hydrogen) atoms. The van der Waals surface area contributed by atoms with Crippen LogP contribution in [0.4, 0.5) is 5.00 Å². The van der Waals surface area contributed by atoms with Crippen molar-refractivity contribution in [3.63, 3.8) is 0 Å². The summed E-state index contributed by atoms with van der Waals surface area (Å²) >= 11 is 1.65. The second-order valence-electron chi connectivity index (χ2n) is 3.20. The Morgan fingerprint density at radius 1 is 1.57 bits per heavy atom. The van der Waals surface area contributed by atoms with E-state index in [2.05, 4.69) is 4.90 Å². The molecule has 0 fully saturated rings. The van der Waals surface area contributed by atoms with E-state index in [0.717, 1.165) is 18.0 Å². The number of carboxylic acids is 1. The average molecular weight is 209 g/mol. The number of anilines is 1. The highest BCUT2D eigenvalue weighted by atomic mass is 32.1. The lowest BCUT2D eigenvalue weighted by Crippen LogP contribution is -2.31. The Morgan fingerprint density at radius 3 is 3.07 bits per heavy atom. The number of rotatable bonds is 2. The van der Waals surface area contributed by atoms with E-state index in [1.807, 2.05) is 23.6 Å². The summed E-state index contributed by atoms with van der Waals surface area (Å²) in [5.41, 5.74) is 0.504. The maximum Gasteiger partial charge on any atom is 0.333 e. The molecule has 0 aliphatic carbocycles. The van der Waals surface area contributed by atoms with Crippen LogP contribution in [0.5, 0.6) is 0 Å². The highest BCUT2D eigenvalue weighted by Gasteiger charge is 2.17. The minimum atomic E-state index is -0.800. The summed E-state index contributed by atoms with van der Waals surface area (Å²) in [4.78, 5) is 12.9. The van der Waals surface area contributed by atoms with Gasteiger partial charge in [-0.15, -0.1) is 11.3 Å². The standard InChI is InChI=1S/C10H11NO2S/c12-10(13)8-3-1-5-11(7-8)9-4-2-6-14-9/h2-4,6H,1,5,7H2,(H,12,13). The third-order valence-corrected chi connectivity index (χ3v) is 3.17. The van der Waals surface area contributed by atoms with Crippen molar-refractivity contribution in [2.24, 2.45) is 0 Å². The summed E-state index contributed by atoms with van der Waals surface area (Å²) in [6, 6.07) is 4.01. The molecule has 0 saturated heterocycles. The van der Waals surface area contributed by atoms with E-state index >= 15 is 0 Å². The molecule has 1 N–H and O–H groups in total. The van der Waals surface area contributed by atoms with E-state index in [4.69, 9.17) is 5.11 Å². The predicted molar refractivity (Wildman–Crippen MR) is 56.9 cm³/mol. The summed E-state index contributed by atoms with van der Waals surface area (Å²) < 4.78 is 0. The van der Waals surface area contributed by atoms with Gasteiger partial charge in [0.05, 0.1) is 17.1 Å². The molecule has 0 saturated carbocycles. The molecule has 0 unspecified atom stereocenters. The molecule has 0 amide bonds. The SMILES string of the molecule is O=C(O)C1=CCCN(c2cccs2)C1. The van der Waals surface area contributed by atoms with Gasteiger partial charge in [0.1, 0.15) is 0 Å². The maximum atomic E-state index is 10.8. The van der Waals surface area contributed by atoms with Gasteiger partial charge in [-0.1, -0.05) is 6.08 Å². The first-order chi connectivity index (χ1) is 6.77. The normalized spacial score (nSPS) is 16.6. The van der Waals surface area contributed by atoms with Crippen LogP contribution in [0.1, 0.15) is 6.42 Å². The van der Waals surface area contributed by atoms with Crippen molar-refractivity contribution in [2.75, 3.05) is 18.0 Å². The molecule has 2 rings (SSSR count). The Morgan fingerprint density at radius 2 is 2.43 bits per heavy atom. The van der Waals surface area contributed by atoms with Crippen molar-refractivity contribution < 1.29 is 9.90 Å². The van der Waals surface area contributed by atoms with Gasteiger partial charge < -0.3 is 10.0 Å². The zero-order valence-electron chi connectivity index (χ0n) is 7.64. The number of carbonyl (C=O) groups is 1. The van der Waals surface area contributed by atoms with Crippen molar-refractivity contribution in [1.29, 1.82) is 0 Å². The maximum absolute atomic E-state index is 10.8. The van der Waals surface area contributed by atoms with E-state index in [-0.39, 0.29) is 0 Å². The number of aliphatic carboxylic acids is 1. The second-order valence-corrected chi connectivity index (χ2v) is 4.12. The molecule has 1 aliphatic heterocycles. The minimum absolute atomic E-state index is 0.504. The van der Waals surface area contributed by atoms with Crippen LogP contribution < -0.4 is 4.90 Å². The number of nitrogens with zero attached hydrogens (tertiary/aromatic N) is 1. The molecule has 0 spiro atoms. The first-order valence-electron chi connectivity index (χ1n) is 4.48. The highest BCUT2D eigenvalue weighted by molar-refractivity contribution is 7.14. The molecular weight excluding hydrogens is 198 g/mol. The van der Waals surface area contributed by atoms with Crippen molar-refractivity contribution in [2.45, 2.75) is 6.42 Å². The van der Waals surface area contributed by atoms with E-state index in [1.54, 1.807) is 11.3 Å². The van der Waals surface area contributed by atoms with Crippen LogP contribution in [-0.4, -0.2) is 24.2 Å². The summed E-state index contributed by atoms with van der Waals surface area (Å²) in [6.07, 6.45) is 2.63. The van der Waals surface area contributed by atoms with Crippen molar-refractivity contribution >= 4 is 22.3 Å². The summed E-state index contributed by atoms with van der Waals surface area (Å²) in [5.74, 6) is -0.800. The molecule has 0 atom stereocenters. The lowest BCUT2D eigenvalue weighted by atomic mass is 10.1. The molecule has 1 aromatic rings. The van der Waals surface area contributed by atoms with Gasteiger partial charge in [-0.05, 0) is 23.9 Å². The fraction of sp³-hybridized carbons (Fsp3) is 0.300. The first kappa shape index (κ1) is 9.27. The van der Waals surface area contributed by atoms with Crippen molar-refractivity contribution in [3.05, 3.63) is 29.2 Å². The lowest BCUT2D eigenvalue weighted by molar-refractivity contribution is -0.132. The topological polar surface area (TPSA) is 40.5 Å². The van der Waals surface area contributed by atoms with Crippen LogP contribution in [0, 0.1) is 0 Å². The van der Waals surface area contributed by atoms with Crippen molar-refractivity contribution in [3.8, 4) is 0 Å². The quantitative estimate of drug-likeness (QED) is 0.809. The van der Waals surface area contributed by atoms with Gasteiger partial charge >= 0.3 is 5.97 Å². The monoisotopic (exact) mass is 209 g/mol.